The summed E-state index contributed by atoms with van der Waals surface area (Å²) in [7, 11) is 0. The number of piperidine rings is 1. The first-order chi connectivity index (χ1) is 9.74. The first-order valence-corrected chi connectivity index (χ1v) is 7.51. The van der Waals surface area contributed by atoms with Crippen molar-refractivity contribution in [3.05, 3.63) is 29.7 Å². The Balaban J connectivity index is 1.57. The summed E-state index contributed by atoms with van der Waals surface area (Å²) in [6.45, 7) is 8.70. The van der Waals surface area contributed by atoms with Gasteiger partial charge in [-0.2, -0.15) is 5.10 Å². The zero-order valence-corrected chi connectivity index (χ0v) is 12.3. The minimum absolute atomic E-state index is 0.632. The van der Waals surface area contributed by atoms with Gasteiger partial charge in [-0.3, -0.25) is 0 Å². The molecule has 20 heavy (non-hydrogen) atoms. The zero-order valence-electron chi connectivity index (χ0n) is 12.3. The Morgan fingerprint density at radius 2 is 2.15 bits per heavy atom. The van der Waals surface area contributed by atoms with Gasteiger partial charge >= 0.3 is 0 Å². The van der Waals surface area contributed by atoms with Gasteiger partial charge in [0.05, 0.1) is 5.69 Å². The van der Waals surface area contributed by atoms with Crippen LogP contribution >= 0.6 is 0 Å². The molecular weight excluding hydrogens is 250 g/mol. The van der Waals surface area contributed by atoms with Gasteiger partial charge in [0.1, 0.15) is 0 Å². The second kappa shape index (κ2) is 5.89. The van der Waals surface area contributed by atoms with E-state index in [-0.39, 0.29) is 0 Å². The molecule has 1 N–H and O–H groups in total. The summed E-state index contributed by atoms with van der Waals surface area (Å²) in [6.07, 6.45) is 6.50. The van der Waals surface area contributed by atoms with Crippen molar-refractivity contribution in [3.8, 4) is 0 Å². The monoisotopic (exact) mass is 273 g/mol. The van der Waals surface area contributed by atoms with E-state index in [4.69, 9.17) is 0 Å². The number of hydrogen-bond donors (Lipinski definition) is 1. The van der Waals surface area contributed by atoms with Crippen LogP contribution in [-0.2, 0) is 6.54 Å². The number of fused-ring (bicyclic) bond motifs is 1. The normalized spacial score (nSPS) is 17.9. The lowest BCUT2D eigenvalue weighted by atomic mass is 10.0. The predicted molar refractivity (Wildman–Crippen MR) is 79.7 cm³/mol. The molecule has 1 fully saturated rings. The average molecular weight is 273 g/mol. The van der Waals surface area contributed by atoms with Crippen molar-refractivity contribution < 1.29 is 0 Å². The predicted octanol–water partition coefficient (Wildman–Crippen LogP) is 1.61. The van der Waals surface area contributed by atoms with E-state index in [2.05, 4.69) is 33.4 Å². The highest BCUT2D eigenvalue weighted by molar-refractivity contribution is 5.38. The fourth-order valence-electron chi connectivity index (χ4n) is 2.84. The Labute approximate surface area is 120 Å². The van der Waals surface area contributed by atoms with Crippen molar-refractivity contribution in [2.75, 3.05) is 19.6 Å². The summed E-state index contributed by atoms with van der Waals surface area (Å²) in [5.74, 6) is 0. The van der Waals surface area contributed by atoms with E-state index in [9.17, 15) is 0 Å². The molecule has 0 aromatic carbocycles. The van der Waals surface area contributed by atoms with Crippen LogP contribution in [0.3, 0.4) is 0 Å². The molecule has 3 heterocycles. The van der Waals surface area contributed by atoms with E-state index in [0.29, 0.717) is 6.04 Å². The van der Waals surface area contributed by atoms with Crippen LogP contribution in [0.15, 0.2) is 18.5 Å². The number of nitrogens with zero attached hydrogens (tertiary/aromatic N) is 4. The summed E-state index contributed by atoms with van der Waals surface area (Å²) in [6, 6.07) is 2.63. The summed E-state index contributed by atoms with van der Waals surface area (Å²) in [4.78, 5) is 6.96. The maximum atomic E-state index is 4.44. The van der Waals surface area contributed by atoms with Crippen LogP contribution in [0.4, 0.5) is 0 Å². The van der Waals surface area contributed by atoms with Gasteiger partial charge in [0, 0.05) is 36.6 Å². The molecule has 2 aromatic heterocycles. The number of likely N-dealkylation sites (tertiary alicyclic amines) is 1. The molecule has 1 aliphatic rings. The summed E-state index contributed by atoms with van der Waals surface area (Å²) < 4.78 is 1.87. The summed E-state index contributed by atoms with van der Waals surface area (Å²) in [5.41, 5.74) is 3.12. The van der Waals surface area contributed by atoms with E-state index in [1.54, 1.807) is 0 Å². The maximum absolute atomic E-state index is 4.44. The standard InChI is InChI=1S/C15H23N5/c1-3-19-6-4-14(5-7-19)16-9-13-10-17-15-8-12(2)18-20(15)11-13/h8,10-11,14,16H,3-7,9H2,1-2H3. The lowest BCUT2D eigenvalue weighted by molar-refractivity contribution is 0.206. The minimum atomic E-state index is 0.632. The maximum Gasteiger partial charge on any atom is 0.155 e. The number of hydrogen-bond acceptors (Lipinski definition) is 4. The van der Waals surface area contributed by atoms with Crippen LogP contribution in [0.2, 0.25) is 0 Å². The van der Waals surface area contributed by atoms with Gasteiger partial charge in [-0.05, 0) is 39.4 Å². The summed E-state index contributed by atoms with van der Waals surface area (Å²) >= 11 is 0. The third-order valence-corrected chi connectivity index (χ3v) is 4.12. The van der Waals surface area contributed by atoms with Crippen LogP contribution < -0.4 is 5.32 Å². The first-order valence-electron chi connectivity index (χ1n) is 7.51. The van der Waals surface area contributed by atoms with Crippen molar-refractivity contribution in [1.82, 2.24) is 24.8 Å². The van der Waals surface area contributed by atoms with E-state index in [0.717, 1.165) is 17.9 Å². The molecule has 1 saturated heterocycles. The smallest absolute Gasteiger partial charge is 0.155 e. The largest absolute Gasteiger partial charge is 0.310 e. The average Bonchev–Trinajstić information content (AvgIpc) is 2.85. The van der Waals surface area contributed by atoms with Crippen molar-refractivity contribution in [3.63, 3.8) is 0 Å². The molecule has 0 bridgehead atoms. The number of aromatic nitrogens is 3. The molecular formula is C15H23N5. The molecule has 2 aromatic rings. The topological polar surface area (TPSA) is 45.5 Å². The van der Waals surface area contributed by atoms with Crippen molar-refractivity contribution in [1.29, 1.82) is 0 Å². The van der Waals surface area contributed by atoms with Gasteiger partial charge in [-0.1, -0.05) is 6.92 Å². The molecule has 0 radical (unpaired) electrons. The molecule has 0 unspecified atom stereocenters. The minimum Gasteiger partial charge on any atom is -0.310 e. The van der Waals surface area contributed by atoms with Crippen LogP contribution in [-0.4, -0.2) is 45.2 Å². The van der Waals surface area contributed by atoms with Crippen molar-refractivity contribution in [2.24, 2.45) is 0 Å². The van der Waals surface area contributed by atoms with Gasteiger partial charge in [0.2, 0.25) is 0 Å². The highest BCUT2D eigenvalue weighted by Crippen LogP contribution is 2.11. The SMILES string of the molecule is CCN1CCC(NCc2cnc3cc(C)nn3c2)CC1. The third-order valence-electron chi connectivity index (χ3n) is 4.12. The van der Waals surface area contributed by atoms with Crippen LogP contribution in [0.1, 0.15) is 31.0 Å². The highest BCUT2D eigenvalue weighted by Gasteiger charge is 2.17. The fourth-order valence-corrected chi connectivity index (χ4v) is 2.84. The van der Waals surface area contributed by atoms with Crippen molar-refractivity contribution >= 4 is 5.65 Å². The third kappa shape index (κ3) is 2.99. The van der Waals surface area contributed by atoms with Crippen LogP contribution in [0.25, 0.3) is 5.65 Å². The molecule has 0 aliphatic carbocycles. The molecule has 0 amide bonds. The zero-order chi connectivity index (χ0) is 13.9. The lowest BCUT2D eigenvalue weighted by Gasteiger charge is -2.31. The second-order valence-corrected chi connectivity index (χ2v) is 5.64. The lowest BCUT2D eigenvalue weighted by Crippen LogP contribution is -2.42. The number of aryl methyl sites for hydroxylation is 1. The summed E-state index contributed by atoms with van der Waals surface area (Å²) in [5, 5.41) is 8.06. The fraction of sp³-hybridized carbons (Fsp3) is 0.600. The van der Waals surface area contributed by atoms with E-state index >= 15 is 0 Å². The first kappa shape index (κ1) is 13.5. The molecule has 0 spiro atoms. The van der Waals surface area contributed by atoms with Gasteiger partial charge in [-0.25, -0.2) is 9.50 Å². The van der Waals surface area contributed by atoms with Gasteiger partial charge in [0.25, 0.3) is 0 Å². The Hall–Kier alpha value is -1.46. The molecule has 0 saturated carbocycles. The number of nitrogens with one attached hydrogen (secondary N) is 1. The second-order valence-electron chi connectivity index (χ2n) is 5.64. The molecule has 5 nitrogen and oxygen atoms in total. The highest BCUT2D eigenvalue weighted by atomic mass is 15.2. The van der Waals surface area contributed by atoms with Gasteiger partial charge in [0.15, 0.2) is 5.65 Å². The van der Waals surface area contributed by atoms with Gasteiger partial charge < -0.3 is 10.2 Å². The Morgan fingerprint density at radius 3 is 2.90 bits per heavy atom. The molecule has 5 heteroatoms. The Bertz CT molecular complexity index is 569. The Kier molecular flexibility index (Phi) is 3.98. The quantitative estimate of drug-likeness (QED) is 0.919. The van der Waals surface area contributed by atoms with E-state index < -0.39 is 0 Å². The number of rotatable bonds is 4. The van der Waals surface area contributed by atoms with Crippen LogP contribution in [0, 0.1) is 6.92 Å². The van der Waals surface area contributed by atoms with Crippen molar-refractivity contribution in [2.45, 2.75) is 39.3 Å². The van der Waals surface area contributed by atoms with E-state index in [1.165, 1.54) is 38.0 Å². The Morgan fingerprint density at radius 1 is 1.35 bits per heavy atom. The molecule has 1 aliphatic heterocycles. The van der Waals surface area contributed by atoms with Gasteiger partial charge in [-0.15, -0.1) is 0 Å². The molecule has 3 rings (SSSR count). The molecule has 108 valence electrons. The van der Waals surface area contributed by atoms with E-state index in [1.807, 2.05) is 23.7 Å². The van der Waals surface area contributed by atoms with Crippen LogP contribution in [0.5, 0.6) is 0 Å². The molecule has 0 atom stereocenters.